The molecule has 0 saturated carbocycles. The van der Waals surface area contributed by atoms with Gasteiger partial charge < -0.3 is 10.2 Å². The number of hydrogen-bond donors (Lipinski definition) is 1. The summed E-state index contributed by atoms with van der Waals surface area (Å²) in [5.41, 5.74) is 3.42. The zero-order valence-corrected chi connectivity index (χ0v) is 14.0. The number of carbonyl (C=O) groups excluding carboxylic acids is 1. The van der Waals surface area contributed by atoms with E-state index in [1.807, 2.05) is 6.07 Å². The van der Waals surface area contributed by atoms with Crippen molar-refractivity contribution in [2.24, 2.45) is 5.92 Å². The first kappa shape index (κ1) is 15.8. The lowest BCUT2D eigenvalue weighted by Crippen LogP contribution is -2.42. The molecule has 3 rings (SSSR count). The van der Waals surface area contributed by atoms with E-state index in [9.17, 15) is 4.79 Å². The molecule has 2 aromatic rings. The summed E-state index contributed by atoms with van der Waals surface area (Å²) in [5.74, 6) is 0.233. The van der Waals surface area contributed by atoms with E-state index < -0.39 is 0 Å². The Balaban J connectivity index is 1.98. The molecule has 1 aromatic carbocycles. The van der Waals surface area contributed by atoms with Crippen LogP contribution in [0.4, 0.5) is 5.69 Å². The average molecular weight is 311 g/mol. The number of nitrogens with zero attached hydrogens (tertiary/aromatic N) is 2. The SMILES string of the molecule is CCCc1cc(N2CCCC(C(=O)NC)C2)c2ccccc2n1. The highest BCUT2D eigenvalue weighted by Gasteiger charge is 2.26. The second kappa shape index (κ2) is 6.99. The fourth-order valence-corrected chi connectivity index (χ4v) is 3.47. The van der Waals surface area contributed by atoms with E-state index in [2.05, 4.69) is 41.4 Å². The van der Waals surface area contributed by atoms with Gasteiger partial charge in [-0.1, -0.05) is 31.5 Å². The van der Waals surface area contributed by atoms with E-state index >= 15 is 0 Å². The second-order valence-corrected chi connectivity index (χ2v) is 6.30. The minimum Gasteiger partial charge on any atom is -0.370 e. The van der Waals surface area contributed by atoms with E-state index in [0.29, 0.717) is 0 Å². The van der Waals surface area contributed by atoms with Crippen LogP contribution in [0.5, 0.6) is 0 Å². The number of carbonyl (C=O) groups is 1. The van der Waals surface area contributed by atoms with Crippen LogP contribution in [0.25, 0.3) is 10.9 Å². The van der Waals surface area contributed by atoms with Gasteiger partial charge in [-0.25, -0.2) is 0 Å². The smallest absolute Gasteiger partial charge is 0.224 e. The van der Waals surface area contributed by atoms with Crippen molar-refractivity contribution in [1.29, 1.82) is 0 Å². The molecule has 1 aromatic heterocycles. The second-order valence-electron chi connectivity index (χ2n) is 6.30. The molecule has 1 amide bonds. The Morgan fingerprint density at radius 2 is 2.22 bits per heavy atom. The molecule has 0 aliphatic carbocycles. The fourth-order valence-electron chi connectivity index (χ4n) is 3.47. The standard InChI is InChI=1S/C19H25N3O/c1-3-7-15-12-18(16-9-4-5-10-17(16)21-15)22-11-6-8-14(13-22)19(23)20-2/h4-5,9-10,12,14H,3,6-8,11,13H2,1-2H3,(H,20,23). The molecule has 122 valence electrons. The molecule has 23 heavy (non-hydrogen) atoms. The normalized spacial score (nSPS) is 18.2. The number of rotatable bonds is 4. The third-order valence-electron chi connectivity index (χ3n) is 4.63. The van der Waals surface area contributed by atoms with Crippen LogP contribution in [0, 0.1) is 5.92 Å². The first-order chi connectivity index (χ1) is 11.2. The lowest BCUT2D eigenvalue weighted by molar-refractivity contribution is -0.124. The molecular formula is C19H25N3O. The number of para-hydroxylation sites is 1. The molecule has 1 saturated heterocycles. The molecule has 0 radical (unpaired) electrons. The van der Waals surface area contributed by atoms with Crippen molar-refractivity contribution in [2.45, 2.75) is 32.6 Å². The van der Waals surface area contributed by atoms with Crippen LogP contribution >= 0.6 is 0 Å². The molecule has 1 aliphatic heterocycles. The zero-order valence-electron chi connectivity index (χ0n) is 14.0. The molecule has 1 unspecified atom stereocenters. The Morgan fingerprint density at radius 3 is 3.00 bits per heavy atom. The van der Waals surface area contributed by atoms with Crippen molar-refractivity contribution in [1.82, 2.24) is 10.3 Å². The highest BCUT2D eigenvalue weighted by atomic mass is 16.1. The Morgan fingerprint density at radius 1 is 1.39 bits per heavy atom. The summed E-state index contributed by atoms with van der Waals surface area (Å²) < 4.78 is 0. The van der Waals surface area contributed by atoms with Crippen LogP contribution in [-0.2, 0) is 11.2 Å². The molecule has 1 N–H and O–H groups in total. The molecule has 0 bridgehead atoms. The molecule has 1 fully saturated rings. The van der Waals surface area contributed by atoms with Gasteiger partial charge in [0, 0.05) is 36.9 Å². The van der Waals surface area contributed by atoms with Crippen molar-refractivity contribution >= 4 is 22.5 Å². The number of aromatic nitrogens is 1. The predicted molar refractivity (Wildman–Crippen MR) is 94.7 cm³/mol. The van der Waals surface area contributed by atoms with Gasteiger partial charge in [0.25, 0.3) is 0 Å². The Kier molecular flexibility index (Phi) is 4.79. The molecule has 0 spiro atoms. The van der Waals surface area contributed by atoms with Crippen LogP contribution in [0.1, 0.15) is 31.9 Å². The summed E-state index contributed by atoms with van der Waals surface area (Å²) in [4.78, 5) is 19.2. The average Bonchev–Trinajstić information content (AvgIpc) is 2.60. The van der Waals surface area contributed by atoms with E-state index in [4.69, 9.17) is 4.98 Å². The van der Waals surface area contributed by atoms with Gasteiger partial charge in [0.2, 0.25) is 5.91 Å². The first-order valence-corrected chi connectivity index (χ1v) is 8.58. The number of piperidine rings is 1. The summed E-state index contributed by atoms with van der Waals surface area (Å²) in [6, 6.07) is 10.5. The van der Waals surface area contributed by atoms with Gasteiger partial charge in [0.1, 0.15) is 0 Å². The highest BCUT2D eigenvalue weighted by molar-refractivity contribution is 5.92. The van der Waals surface area contributed by atoms with Crippen LogP contribution in [0.15, 0.2) is 30.3 Å². The quantitative estimate of drug-likeness (QED) is 0.943. The zero-order chi connectivity index (χ0) is 16.2. The minimum atomic E-state index is 0.0790. The number of nitrogens with one attached hydrogen (secondary N) is 1. The molecule has 1 atom stereocenters. The Bertz CT molecular complexity index is 698. The van der Waals surface area contributed by atoms with Crippen molar-refractivity contribution < 1.29 is 4.79 Å². The number of fused-ring (bicyclic) bond motifs is 1. The molecule has 4 heteroatoms. The summed E-state index contributed by atoms with van der Waals surface area (Å²) >= 11 is 0. The maximum Gasteiger partial charge on any atom is 0.224 e. The lowest BCUT2D eigenvalue weighted by atomic mass is 9.96. The lowest BCUT2D eigenvalue weighted by Gasteiger charge is -2.34. The molecule has 2 heterocycles. The Hall–Kier alpha value is -2.10. The largest absolute Gasteiger partial charge is 0.370 e. The molecule has 4 nitrogen and oxygen atoms in total. The fraction of sp³-hybridized carbons (Fsp3) is 0.474. The van der Waals surface area contributed by atoms with Crippen LogP contribution in [-0.4, -0.2) is 31.0 Å². The van der Waals surface area contributed by atoms with Gasteiger partial charge in [-0.3, -0.25) is 9.78 Å². The topological polar surface area (TPSA) is 45.2 Å². The minimum absolute atomic E-state index is 0.0790. The first-order valence-electron chi connectivity index (χ1n) is 8.58. The number of aryl methyl sites for hydroxylation is 1. The maximum absolute atomic E-state index is 12.0. The third-order valence-corrected chi connectivity index (χ3v) is 4.63. The van der Waals surface area contributed by atoms with Gasteiger partial charge >= 0.3 is 0 Å². The van der Waals surface area contributed by atoms with Crippen molar-refractivity contribution in [3.05, 3.63) is 36.0 Å². The summed E-state index contributed by atoms with van der Waals surface area (Å²) in [5, 5.41) is 3.98. The number of pyridine rings is 1. The molecule has 1 aliphatic rings. The van der Waals surface area contributed by atoms with Gasteiger partial charge in [-0.2, -0.15) is 0 Å². The van der Waals surface area contributed by atoms with Gasteiger partial charge in [0.05, 0.1) is 11.4 Å². The summed E-state index contributed by atoms with van der Waals surface area (Å²) in [7, 11) is 1.72. The summed E-state index contributed by atoms with van der Waals surface area (Å²) in [6.07, 6.45) is 4.11. The number of anilines is 1. The highest BCUT2D eigenvalue weighted by Crippen LogP contribution is 2.30. The maximum atomic E-state index is 12.0. The monoisotopic (exact) mass is 311 g/mol. The van der Waals surface area contributed by atoms with E-state index in [1.165, 1.54) is 11.1 Å². The van der Waals surface area contributed by atoms with Crippen LogP contribution in [0.3, 0.4) is 0 Å². The van der Waals surface area contributed by atoms with Gasteiger partial charge in [0.15, 0.2) is 0 Å². The van der Waals surface area contributed by atoms with Gasteiger partial charge in [-0.05, 0) is 31.4 Å². The predicted octanol–water partition coefficient (Wildman–Crippen LogP) is 3.15. The number of benzene rings is 1. The van der Waals surface area contributed by atoms with Crippen LogP contribution < -0.4 is 10.2 Å². The van der Waals surface area contributed by atoms with Gasteiger partial charge in [-0.15, -0.1) is 0 Å². The number of hydrogen-bond acceptors (Lipinski definition) is 3. The Labute approximate surface area is 137 Å². The van der Waals surface area contributed by atoms with E-state index in [0.717, 1.165) is 50.0 Å². The van der Waals surface area contributed by atoms with E-state index in [1.54, 1.807) is 7.05 Å². The van der Waals surface area contributed by atoms with Crippen molar-refractivity contribution in [2.75, 3.05) is 25.0 Å². The third kappa shape index (κ3) is 3.31. The van der Waals surface area contributed by atoms with Crippen molar-refractivity contribution in [3.8, 4) is 0 Å². The van der Waals surface area contributed by atoms with E-state index in [-0.39, 0.29) is 11.8 Å². The van der Waals surface area contributed by atoms with Crippen molar-refractivity contribution in [3.63, 3.8) is 0 Å². The number of amides is 1. The summed E-state index contributed by atoms with van der Waals surface area (Å²) in [6.45, 7) is 3.98. The van der Waals surface area contributed by atoms with Crippen LogP contribution in [0.2, 0.25) is 0 Å². The molecular weight excluding hydrogens is 286 g/mol.